The Labute approximate surface area is 229 Å². The van der Waals surface area contributed by atoms with E-state index in [4.69, 9.17) is 4.74 Å². The van der Waals surface area contributed by atoms with E-state index < -0.39 is 47.4 Å². The highest BCUT2D eigenvalue weighted by Crippen LogP contribution is 2.44. The van der Waals surface area contributed by atoms with Gasteiger partial charge in [-0.15, -0.1) is 0 Å². The summed E-state index contributed by atoms with van der Waals surface area (Å²) >= 11 is 0. The number of ether oxygens (including phenoxy) is 1. The standard InChI is InChI=1S/C27H35F4N5O4/c1-25(2,3)40-24(39)35-23(17-4-7-26(28,29)8-5-17)20-15-36-21(33-20)11-18(14-32-36)19(6-9-37)34-22(38)10-16-12-27(30,31)13-16/h9,11,14-17,19,23H,4-8,10,12-13H2,1-3H3,(H,34,38)(H,35,39)/t19-,23+/m1/s1. The third kappa shape index (κ3) is 7.69. The van der Waals surface area contributed by atoms with Crippen LogP contribution in [-0.2, 0) is 14.3 Å². The van der Waals surface area contributed by atoms with Crippen LogP contribution < -0.4 is 10.6 Å². The lowest BCUT2D eigenvalue weighted by atomic mass is 9.79. The molecule has 2 atom stereocenters. The van der Waals surface area contributed by atoms with Gasteiger partial charge in [0.1, 0.15) is 11.9 Å². The third-order valence-corrected chi connectivity index (χ3v) is 7.30. The molecule has 2 aromatic heterocycles. The first-order chi connectivity index (χ1) is 18.6. The molecule has 220 valence electrons. The van der Waals surface area contributed by atoms with Crippen LogP contribution in [-0.4, -0.2) is 50.3 Å². The minimum Gasteiger partial charge on any atom is -0.444 e. The van der Waals surface area contributed by atoms with E-state index in [0.29, 0.717) is 23.2 Å². The van der Waals surface area contributed by atoms with Crippen molar-refractivity contribution in [3.8, 4) is 0 Å². The zero-order valence-corrected chi connectivity index (χ0v) is 22.8. The summed E-state index contributed by atoms with van der Waals surface area (Å²) in [5, 5.41) is 9.86. The van der Waals surface area contributed by atoms with Crippen LogP contribution in [0.1, 0.15) is 95.5 Å². The van der Waals surface area contributed by atoms with Crippen molar-refractivity contribution in [1.82, 2.24) is 25.2 Å². The van der Waals surface area contributed by atoms with E-state index >= 15 is 0 Å². The van der Waals surface area contributed by atoms with Crippen molar-refractivity contribution in [3.63, 3.8) is 0 Å². The quantitative estimate of drug-likeness (QED) is 0.313. The van der Waals surface area contributed by atoms with Crippen molar-refractivity contribution < 1.29 is 36.7 Å². The lowest BCUT2D eigenvalue weighted by Gasteiger charge is -2.34. The molecule has 0 bridgehead atoms. The Bertz CT molecular complexity index is 1230. The van der Waals surface area contributed by atoms with Crippen LogP contribution in [0.25, 0.3) is 5.65 Å². The van der Waals surface area contributed by atoms with Crippen molar-refractivity contribution in [1.29, 1.82) is 0 Å². The molecule has 0 aliphatic heterocycles. The summed E-state index contributed by atoms with van der Waals surface area (Å²) in [7, 11) is 0. The maximum absolute atomic E-state index is 13.9. The number of aldehydes is 1. The van der Waals surface area contributed by atoms with Crippen LogP contribution in [0.5, 0.6) is 0 Å². The monoisotopic (exact) mass is 569 g/mol. The van der Waals surface area contributed by atoms with Crippen LogP contribution in [0.3, 0.4) is 0 Å². The second-order valence-corrected chi connectivity index (χ2v) is 11.9. The van der Waals surface area contributed by atoms with Crippen molar-refractivity contribution in [2.75, 3.05) is 0 Å². The van der Waals surface area contributed by atoms with Gasteiger partial charge in [-0.1, -0.05) is 0 Å². The summed E-state index contributed by atoms with van der Waals surface area (Å²) in [6, 6.07) is 0.184. The maximum Gasteiger partial charge on any atom is 0.408 e. The Morgan fingerprint density at radius 2 is 1.82 bits per heavy atom. The fraction of sp³-hybridized carbons (Fsp3) is 0.667. The number of aromatic nitrogens is 3. The molecule has 4 rings (SSSR count). The van der Waals surface area contributed by atoms with Crippen LogP contribution >= 0.6 is 0 Å². The van der Waals surface area contributed by atoms with Crippen LogP contribution in [0.4, 0.5) is 22.4 Å². The summed E-state index contributed by atoms with van der Waals surface area (Å²) in [4.78, 5) is 41.0. The van der Waals surface area contributed by atoms with Gasteiger partial charge in [-0.05, 0) is 57.1 Å². The van der Waals surface area contributed by atoms with Gasteiger partial charge in [-0.3, -0.25) is 4.79 Å². The zero-order chi connectivity index (χ0) is 29.3. The number of imidazole rings is 1. The number of fused-ring (bicyclic) bond motifs is 1. The van der Waals surface area contributed by atoms with Gasteiger partial charge in [0.2, 0.25) is 17.8 Å². The van der Waals surface area contributed by atoms with E-state index in [0.717, 1.165) is 0 Å². The molecule has 0 unspecified atom stereocenters. The van der Waals surface area contributed by atoms with E-state index in [2.05, 4.69) is 20.7 Å². The van der Waals surface area contributed by atoms with Gasteiger partial charge in [0, 0.05) is 38.5 Å². The SMILES string of the molecule is CC(C)(C)OC(=O)N[C@H](c1cn2ncc([C@@H](CC=O)NC(=O)CC3CC(F)(F)C3)cc2n1)C1CCC(F)(F)CC1. The van der Waals surface area contributed by atoms with Gasteiger partial charge in [0.05, 0.1) is 30.2 Å². The number of nitrogens with zero attached hydrogens (tertiary/aromatic N) is 3. The number of carbonyl (C=O) groups is 3. The molecule has 2 aliphatic rings. The van der Waals surface area contributed by atoms with Crippen LogP contribution in [0.2, 0.25) is 0 Å². The van der Waals surface area contributed by atoms with E-state index in [1.54, 1.807) is 33.0 Å². The largest absolute Gasteiger partial charge is 0.444 e. The number of alkyl carbamates (subject to hydrolysis) is 1. The molecular weight excluding hydrogens is 534 g/mol. The van der Waals surface area contributed by atoms with E-state index in [-0.39, 0.29) is 57.3 Å². The molecule has 2 fully saturated rings. The van der Waals surface area contributed by atoms with Crippen molar-refractivity contribution in [3.05, 3.63) is 29.7 Å². The highest BCUT2D eigenvalue weighted by atomic mass is 19.3. The molecule has 13 heteroatoms. The summed E-state index contributed by atoms with van der Waals surface area (Å²) in [5.74, 6) is -6.63. The minimum atomic E-state index is -2.75. The zero-order valence-electron chi connectivity index (χ0n) is 22.8. The number of rotatable bonds is 9. The van der Waals surface area contributed by atoms with E-state index in [1.165, 1.54) is 10.7 Å². The molecule has 0 radical (unpaired) electrons. The Kier molecular flexibility index (Phi) is 8.41. The summed E-state index contributed by atoms with van der Waals surface area (Å²) in [6.07, 6.45) is 1.98. The normalized spacial score (nSPS) is 20.8. The maximum atomic E-state index is 13.9. The molecule has 0 spiro atoms. The molecule has 2 saturated carbocycles. The third-order valence-electron chi connectivity index (χ3n) is 7.30. The fourth-order valence-electron chi connectivity index (χ4n) is 5.33. The number of alkyl halides is 4. The van der Waals surface area contributed by atoms with Crippen molar-refractivity contribution >= 4 is 23.9 Å². The molecule has 0 aromatic carbocycles. The van der Waals surface area contributed by atoms with Gasteiger partial charge >= 0.3 is 6.09 Å². The minimum absolute atomic E-state index is 0.0584. The topological polar surface area (TPSA) is 115 Å². The molecule has 2 aliphatic carbocycles. The van der Waals surface area contributed by atoms with Crippen LogP contribution in [0.15, 0.2) is 18.5 Å². The smallest absolute Gasteiger partial charge is 0.408 e. The molecule has 2 aromatic rings. The predicted octanol–water partition coefficient (Wildman–Crippen LogP) is 5.30. The van der Waals surface area contributed by atoms with Gasteiger partial charge in [-0.2, -0.15) is 5.10 Å². The van der Waals surface area contributed by atoms with E-state index in [9.17, 15) is 31.9 Å². The Hall–Kier alpha value is -3.25. The van der Waals surface area contributed by atoms with Crippen molar-refractivity contribution in [2.24, 2.45) is 11.8 Å². The van der Waals surface area contributed by atoms with Crippen molar-refractivity contribution in [2.45, 2.75) is 102 Å². The predicted molar refractivity (Wildman–Crippen MR) is 136 cm³/mol. The number of amides is 2. The van der Waals surface area contributed by atoms with Crippen LogP contribution in [0, 0.1) is 11.8 Å². The number of carbonyl (C=O) groups excluding carboxylic acids is 3. The number of halogens is 4. The lowest BCUT2D eigenvalue weighted by Crippen LogP contribution is -2.40. The van der Waals surface area contributed by atoms with E-state index in [1.807, 2.05) is 0 Å². The highest BCUT2D eigenvalue weighted by Gasteiger charge is 2.46. The fourth-order valence-corrected chi connectivity index (χ4v) is 5.33. The number of nitrogens with one attached hydrogen (secondary N) is 2. The second-order valence-electron chi connectivity index (χ2n) is 11.9. The van der Waals surface area contributed by atoms with Gasteiger partial charge < -0.3 is 20.2 Å². The Balaban J connectivity index is 1.54. The molecule has 2 amide bonds. The average Bonchev–Trinajstić information content (AvgIpc) is 3.23. The molecule has 0 saturated heterocycles. The molecule has 9 nitrogen and oxygen atoms in total. The summed E-state index contributed by atoms with van der Waals surface area (Å²) in [6.45, 7) is 5.15. The Morgan fingerprint density at radius 3 is 2.42 bits per heavy atom. The van der Waals surface area contributed by atoms with Gasteiger partial charge in [0.25, 0.3) is 0 Å². The molecule has 2 heterocycles. The van der Waals surface area contributed by atoms with Gasteiger partial charge in [-0.25, -0.2) is 31.9 Å². The number of hydrogen-bond acceptors (Lipinski definition) is 6. The lowest BCUT2D eigenvalue weighted by molar-refractivity contribution is -0.134. The molecular formula is C27H35F4N5O4. The molecule has 40 heavy (non-hydrogen) atoms. The summed E-state index contributed by atoms with van der Waals surface area (Å²) in [5.41, 5.74) is 0.486. The summed E-state index contributed by atoms with van der Waals surface area (Å²) < 4.78 is 60.8. The first kappa shape index (κ1) is 29.7. The first-order valence-electron chi connectivity index (χ1n) is 13.5. The highest BCUT2D eigenvalue weighted by molar-refractivity contribution is 5.77. The van der Waals surface area contributed by atoms with Gasteiger partial charge in [0.15, 0.2) is 5.65 Å². The second kappa shape index (κ2) is 11.3. The number of hydrogen-bond donors (Lipinski definition) is 2. The first-order valence-corrected chi connectivity index (χ1v) is 13.5. The average molecular weight is 570 g/mol. The Morgan fingerprint density at radius 1 is 1.15 bits per heavy atom. The molecule has 2 N–H and O–H groups in total.